The molecule has 5 heteroatoms. The third-order valence-corrected chi connectivity index (χ3v) is 0. The van der Waals surface area contributed by atoms with Crippen molar-refractivity contribution in [2.75, 3.05) is 0 Å². The average Bonchev–Trinajstić information content (AvgIpc) is 0. The second kappa shape index (κ2) is 22.7. The molecule has 5 heavy (non-hydrogen) atoms. The third kappa shape index (κ3) is 17.7. The summed E-state index contributed by atoms with van der Waals surface area (Å²) in [7, 11) is 0. The molecule has 0 saturated heterocycles. The van der Waals surface area contributed by atoms with Gasteiger partial charge in [0.15, 0.2) is 0 Å². The molecule has 0 aliphatic carbocycles. The first-order chi connectivity index (χ1) is 0. The molecule has 3 radical (unpaired) electrons. The van der Waals surface area contributed by atoms with Crippen LogP contribution in [0.2, 0.25) is 0 Å². The van der Waals surface area contributed by atoms with Gasteiger partial charge in [-0.1, -0.05) is 0 Å². The summed E-state index contributed by atoms with van der Waals surface area (Å²) in [5, 5.41) is 0. The van der Waals surface area contributed by atoms with Gasteiger partial charge in [0.05, 0.1) is 0 Å². The second-order valence-electron chi connectivity index (χ2n) is 0. The van der Waals surface area contributed by atoms with Crippen molar-refractivity contribution in [1.29, 1.82) is 0 Å². The van der Waals surface area contributed by atoms with Gasteiger partial charge in [-0.3, -0.25) is 0 Å². The first-order valence-electron chi connectivity index (χ1n) is 0. The van der Waals surface area contributed by atoms with Gasteiger partial charge in [-0.25, -0.2) is 0 Å². The van der Waals surface area contributed by atoms with Gasteiger partial charge < -0.3 is 0 Å². The molecule has 23 valence electrons. The molecule has 0 N–H and O–H groups in total. The van der Waals surface area contributed by atoms with E-state index in [4.69, 9.17) is 0 Å². The van der Waals surface area contributed by atoms with Crippen LogP contribution in [0.15, 0.2) is 0 Å². The summed E-state index contributed by atoms with van der Waals surface area (Å²) in [5.74, 6) is 0. The molecule has 0 heterocycles. The molecule has 0 aromatic rings. The summed E-state index contributed by atoms with van der Waals surface area (Å²) in [6.45, 7) is 0. The van der Waals surface area contributed by atoms with Crippen molar-refractivity contribution in [3.63, 3.8) is 0 Å². The van der Waals surface area contributed by atoms with E-state index in [-0.39, 0.29) is 166 Å². The van der Waals surface area contributed by atoms with Crippen molar-refractivity contribution < 1.29 is 117 Å². The maximum absolute atomic E-state index is 0. The van der Waals surface area contributed by atoms with Crippen molar-refractivity contribution in [1.82, 2.24) is 0 Å². The molecule has 0 saturated carbocycles. The molecular weight excluding hydrogens is 516 g/mol. The Morgan fingerprint density at radius 3 is 1.00 bits per heavy atom. The SMILES string of the molecule is [Ba].[Ce].[Ni].[Y].[Zr]. The van der Waals surface area contributed by atoms with E-state index in [9.17, 15) is 0 Å². The summed E-state index contributed by atoms with van der Waals surface area (Å²) >= 11 is 0. The van der Waals surface area contributed by atoms with Crippen LogP contribution in [-0.2, 0) is 75.4 Å². The van der Waals surface area contributed by atoms with Gasteiger partial charge in [-0.05, 0) is 0 Å². The Hall–Kier alpha value is 5.43. The predicted molar refractivity (Wildman–Crippen MR) is 5.75 cm³/mol. The molecule has 0 aliphatic rings. The van der Waals surface area contributed by atoms with Gasteiger partial charge in [-0.15, -0.1) is 0 Å². The third-order valence-electron chi connectivity index (χ3n) is 0. The minimum absolute atomic E-state index is 0. The molecule has 0 aromatic carbocycles. The maximum Gasteiger partial charge on any atom is 0 e. The van der Waals surface area contributed by atoms with Crippen LogP contribution < -0.4 is 0 Å². The van der Waals surface area contributed by atoms with Crippen molar-refractivity contribution >= 4 is 48.9 Å². The van der Waals surface area contributed by atoms with Gasteiger partial charge in [0.25, 0.3) is 0 Å². The Labute approximate surface area is 161 Å². The van der Waals surface area contributed by atoms with E-state index in [1.165, 1.54) is 0 Å². The largest absolute Gasteiger partial charge is 0 e. The van der Waals surface area contributed by atoms with Crippen LogP contribution in [0, 0.1) is 41.7 Å². The molecule has 0 atom stereocenters. The zero-order valence-electron chi connectivity index (χ0n) is 2.60. The number of rotatable bonds is 0. The van der Waals surface area contributed by atoms with Crippen LogP contribution in [0.1, 0.15) is 0 Å². The summed E-state index contributed by atoms with van der Waals surface area (Å²) in [6.07, 6.45) is 0. The Morgan fingerprint density at radius 1 is 1.00 bits per heavy atom. The van der Waals surface area contributed by atoms with Crippen molar-refractivity contribution in [2.24, 2.45) is 0 Å². The summed E-state index contributed by atoms with van der Waals surface area (Å²) in [4.78, 5) is 0. The summed E-state index contributed by atoms with van der Waals surface area (Å²) in [5.41, 5.74) is 0. The molecule has 0 spiro atoms. The fourth-order valence-corrected chi connectivity index (χ4v) is 0. The van der Waals surface area contributed by atoms with E-state index in [0.717, 1.165) is 0 Å². The van der Waals surface area contributed by atoms with E-state index in [1.54, 1.807) is 0 Å². The minimum atomic E-state index is 0. The van der Waals surface area contributed by atoms with E-state index in [0.29, 0.717) is 0 Å². The fourth-order valence-electron chi connectivity index (χ4n) is 0. The topological polar surface area (TPSA) is 0 Å². The molecule has 0 rings (SSSR count). The van der Waals surface area contributed by atoms with Crippen LogP contribution in [0.4, 0.5) is 0 Å². The molecule has 0 aliphatic heterocycles. The van der Waals surface area contributed by atoms with Crippen molar-refractivity contribution in [2.45, 2.75) is 0 Å². The summed E-state index contributed by atoms with van der Waals surface area (Å²) in [6, 6.07) is 0. The van der Waals surface area contributed by atoms with Crippen LogP contribution in [0.25, 0.3) is 0 Å². The van der Waals surface area contributed by atoms with Crippen LogP contribution in [0.3, 0.4) is 0 Å². The maximum atomic E-state index is 0. The van der Waals surface area contributed by atoms with Crippen molar-refractivity contribution in [3.05, 3.63) is 0 Å². The number of hydrogen-bond donors (Lipinski definition) is 0. The van der Waals surface area contributed by atoms with Gasteiger partial charge in [0, 0.05) is 166 Å². The standard InChI is InChI=1S/Ba.Ce.Ni.Y.Zr. The van der Waals surface area contributed by atoms with E-state index < -0.39 is 0 Å². The molecule has 0 nitrogen and oxygen atoms in total. The van der Waals surface area contributed by atoms with E-state index in [1.807, 2.05) is 0 Å². The second-order valence-corrected chi connectivity index (χ2v) is 0. The molecule has 0 amide bonds. The smallest absolute Gasteiger partial charge is 0 e. The Bertz CT molecular complexity index is 11.6. The fraction of sp³-hybridized carbons (Fsp3) is 0. The zero-order valence-corrected chi connectivity index (χ0v) is 16.5. The van der Waals surface area contributed by atoms with Gasteiger partial charge in [-0.2, -0.15) is 0 Å². The van der Waals surface area contributed by atoms with Crippen LogP contribution in [-0.4, -0.2) is 48.9 Å². The van der Waals surface area contributed by atoms with Crippen LogP contribution in [0.5, 0.6) is 0 Å². The Morgan fingerprint density at radius 2 is 1.00 bits per heavy atom. The molecule has 0 unspecified atom stereocenters. The molecule has 0 fully saturated rings. The number of hydrogen-bond acceptors (Lipinski definition) is 0. The minimum Gasteiger partial charge on any atom is 0 e. The Kier molecular flexibility index (Phi) is 143. The molecule has 0 bridgehead atoms. The average molecular weight is 516 g/mol. The van der Waals surface area contributed by atoms with Gasteiger partial charge in [0.1, 0.15) is 0 Å². The van der Waals surface area contributed by atoms with Crippen molar-refractivity contribution in [3.8, 4) is 0 Å². The van der Waals surface area contributed by atoms with Gasteiger partial charge >= 0.3 is 0 Å². The monoisotopic (exact) mass is 515 g/mol. The first kappa shape index (κ1) is 31.5. The first-order valence-corrected chi connectivity index (χ1v) is 0. The quantitative estimate of drug-likeness (QED) is 0.386. The van der Waals surface area contributed by atoms with E-state index in [2.05, 4.69) is 0 Å². The van der Waals surface area contributed by atoms with E-state index >= 15 is 0 Å². The zero-order chi connectivity index (χ0) is 0. The predicted octanol–water partition coefficient (Wildman–Crippen LogP) is -0.388. The van der Waals surface area contributed by atoms with Gasteiger partial charge in [0.2, 0.25) is 0 Å². The summed E-state index contributed by atoms with van der Waals surface area (Å²) < 4.78 is 0. The molecule has 0 aromatic heterocycles. The molecular formula is BaCeNiYZr. The Balaban J connectivity index is 0. The van der Waals surface area contributed by atoms with Crippen LogP contribution >= 0.6 is 0 Å². The normalized spacial score (nSPS) is 0.